The highest BCUT2D eigenvalue weighted by Gasteiger charge is 2.29. The van der Waals surface area contributed by atoms with Gasteiger partial charge in [0.25, 0.3) is 0 Å². The van der Waals surface area contributed by atoms with Crippen molar-refractivity contribution in [2.45, 2.75) is 70.8 Å². The van der Waals surface area contributed by atoms with Gasteiger partial charge in [-0.25, -0.2) is 4.79 Å². The van der Waals surface area contributed by atoms with Gasteiger partial charge in [-0.2, -0.15) is 0 Å². The van der Waals surface area contributed by atoms with Crippen LogP contribution in [0.1, 0.15) is 66.0 Å². The number of nitrogens with one attached hydrogen (secondary N) is 1. The molecule has 0 aliphatic carbocycles. The second kappa shape index (κ2) is 15.1. The quantitative estimate of drug-likeness (QED) is 0.156. The number of hydrogen-bond acceptors (Lipinski definition) is 8. The molecule has 42 heavy (non-hydrogen) atoms. The van der Waals surface area contributed by atoms with E-state index in [0.29, 0.717) is 46.5 Å². The number of carbonyl (C=O) groups excluding carboxylic acids is 1. The van der Waals surface area contributed by atoms with E-state index in [-0.39, 0.29) is 30.4 Å². The summed E-state index contributed by atoms with van der Waals surface area (Å²) in [5, 5.41) is 13.6. The van der Waals surface area contributed by atoms with Crippen molar-refractivity contribution < 1.29 is 37.8 Å². The van der Waals surface area contributed by atoms with E-state index >= 15 is 0 Å². The molecule has 0 radical (unpaired) electrons. The van der Waals surface area contributed by atoms with Gasteiger partial charge in [-0.15, -0.1) is 10.3 Å². The van der Waals surface area contributed by atoms with Gasteiger partial charge in [-0.1, -0.05) is 38.4 Å². The number of hydrogen-bond donors (Lipinski definition) is 2. The van der Waals surface area contributed by atoms with E-state index < -0.39 is 27.9 Å². The predicted molar refractivity (Wildman–Crippen MR) is 170 cm³/mol. The number of halogens is 1. The zero-order chi connectivity index (χ0) is 31.7. The molecule has 0 saturated carbocycles. The number of carboxylic acids is 1. The maximum atomic E-state index is 12.4. The maximum absolute atomic E-state index is 12.4. The molecule has 2 aromatic carbocycles. The van der Waals surface area contributed by atoms with Gasteiger partial charge in [0.15, 0.2) is 6.04 Å². The van der Waals surface area contributed by atoms with Gasteiger partial charge in [0.05, 0.1) is 20.3 Å². The van der Waals surface area contributed by atoms with E-state index in [2.05, 4.69) is 38.6 Å². The lowest BCUT2D eigenvalue weighted by Crippen LogP contribution is -2.26. The monoisotopic (exact) mass is 627 g/mol. The van der Waals surface area contributed by atoms with Crippen LogP contribution in [0.4, 0.5) is 5.69 Å². The van der Waals surface area contributed by atoms with E-state index in [9.17, 15) is 14.7 Å². The first-order valence-corrected chi connectivity index (χ1v) is 16.5. The number of aliphatic carboxylic acids is 1. The Kier molecular flexibility index (Phi) is 12.7. The Morgan fingerprint density at radius 3 is 2.21 bits per heavy atom. The topological polar surface area (TPSA) is 113 Å². The minimum atomic E-state index is -1.33. The number of benzene rings is 2. The van der Waals surface area contributed by atoms with Crippen molar-refractivity contribution in [3.63, 3.8) is 0 Å². The minimum absolute atomic E-state index is 0.00391. The minimum Gasteiger partial charge on any atom is -0.497 e. The Morgan fingerprint density at radius 2 is 1.62 bits per heavy atom. The second-order valence-electron chi connectivity index (χ2n) is 12.0. The fourth-order valence-corrected chi connectivity index (χ4v) is 4.54. The highest BCUT2D eigenvalue weighted by Crippen LogP contribution is 2.53. The summed E-state index contributed by atoms with van der Waals surface area (Å²) in [5.41, 5.74) is 0.319. The smallest absolute Gasteiger partial charge is 0.330 e. The highest BCUT2D eigenvalue weighted by atomic mass is 35.5. The van der Waals surface area contributed by atoms with Crippen LogP contribution in [-0.4, -0.2) is 66.8 Å². The van der Waals surface area contributed by atoms with Crippen molar-refractivity contribution in [1.29, 1.82) is 0 Å². The summed E-state index contributed by atoms with van der Waals surface area (Å²) in [7, 11) is 0.179. The molecule has 2 aromatic rings. The number of rotatable bonds is 15. The van der Waals surface area contributed by atoms with Crippen LogP contribution in [0.2, 0.25) is 5.02 Å². The summed E-state index contributed by atoms with van der Waals surface area (Å²) in [6, 6.07) is 8.71. The van der Waals surface area contributed by atoms with Gasteiger partial charge >= 0.3 is 11.9 Å². The molecular weight excluding hydrogens is 582 g/mol. The molecule has 0 heterocycles. The fourth-order valence-electron chi connectivity index (χ4n) is 3.54. The van der Waals surface area contributed by atoms with Gasteiger partial charge in [-0.05, 0) is 51.8 Å². The highest BCUT2D eigenvalue weighted by molar-refractivity contribution is 8.29. The SMILES string of the molecule is COc1cc(NC(C(=O)O)c2ccc(Cl)cc2OCCOS(C)(C)C(C)(C)C)cc(OCCCC(=O)OC(C)(C)C)c1. The van der Waals surface area contributed by atoms with Crippen molar-refractivity contribution in [1.82, 2.24) is 0 Å². The molecule has 9 nitrogen and oxygen atoms in total. The lowest BCUT2D eigenvalue weighted by molar-refractivity contribution is -0.155. The summed E-state index contributed by atoms with van der Waals surface area (Å²) in [5.74, 6) is -0.135. The standard InChI is InChI=1S/C31H46ClNO8S/c1-30(2,3)41-27(34)11-10-14-38-24-19-22(18-23(20-24)37-7)33-28(29(35)36)25-13-12-21(32)17-26(25)39-15-16-40-42(8,9)31(4,5)6/h12-13,17-20,28,33H,10-11,14-16H2,1-9H3,(H,35,36). The molecule has 1 unspecified atom stereocenters. The molecule has 236 valence electrons. The molecule has 0 aliphatic rings. The largest absolute Gasteiger partial charge is 0.497 e. The van der Waals surface area contributed by atoms with Gasteiger partial charge in [0.2, 0.25) is 0 Å². The van der Waals surface area contributed by atoms with E-state index in [1.807, 2.05) is 20.8 Å². The van der Waals surface area contributed by atoms with Crippen LogP contribution >= 0.6 is 21.9 Å². The number of carbonyl (C=O) groups is 2. The van der Waals surface area contributed by atoms with Crippen molar-refractivity contribution in [2.24, 2.45) is 0 Å². The number of esters is 1. The van der Waals surface area contributed by atoms with Crippen LogP contribution in [0.25, 0.3) is 0 Å². The molecule has 0 fully saturated rings. The maximum Gasteiger partial charge on any atom is 0.330 e. The molecule has 0 bridgehead atoms. The third kappa shape index (κ3) is 11.5. The molecule has 0 aliphatic heterocycles. The molecule has 0 aromatic heterocycles. The second-order valence-corrected chi connectivity index (χ2v) is 16.4. The molecule has 0 spiro atoms. The molecule has 11 heteroatoms. The third-order valence-corrected chi connectivity index (χ3v) is 10.3. The number of methoxy groups -OCH3 is 1. The van der Waals surface area contributed by atoms with Gasteiger partial charge in [0.1, 0.15) is 29.5 Å². The number of anilines is 1. The summed E-state index contributed by atoms with van der Waals surface area (Å²) < 4.78 is 28.7. The Bertz CT molecular complexity index is 1210. The zero-order valence-electron chi connectivity index (χ0n) is 26.2. The summed E-state index contributed by atoms with van der Waals surface area (Å²) in [6.07, 6.45) is 4.88. The summed E-state index contributed by atoms with van der Waals surface area (Å²) in [6.45, 7) is 12.7. The summed E-state index contributed by atoms with van der Waals surface area (Å²) in [4.78, 5) is 24.4. The number of ether oxygens (including phenoxy) is 4. The first kappa shape index (κ1) is 35.4. The lowest BCUT2D eigenvalue weighted by Gasteiger charge is -2.43. The van der Waals surface area contributed by atoms with E-state index in [0.717, 1.165) is 0 Å². The summed E-state index contributed by atoms with van der Waals surface area (Å²) >= 11 is 6.24. The van der Waals surface area contributed by atoms with E-state index in [1.54, 1.807) is 36.4 Å². The Balaban J connectivity index is 2.16. The average Bonchev–Trinajstić information content (AvgIpc) is 2.86. The van der Waals surface area contributed by atoms with E-state index in [4.69, 9.17) is 34.7 Å². The fraction of sp³-hybridized carbons (Fsp3) is 0.548. The predicted octanol–water partition coefficient (Wildman–Crippen LogP) is 7.26. The molecule has 0 amide bonds. The lowest BCUT2D eigenvalue weighted by atomic mass is 10.0. The van der Waals surface area contributed by atoms with Crippen molar-refractivity contribution in [3.8, 4) is 17.2 Å². The first-order chi connectivity index (χ1) is 19.4. The Hall–Kier alpha value is -2.82. The van der Waals surface area contributed by atoms with Crippen molar-refractivity contribution in [2.75, 3.05) is 44.8 Å². The molecular formula is C31H46ClNO8S. The van der Waals surface area contributed by atoms with Gasteiger partial charge < -0.3 is 33.6 Å². The van der Waals surface area contributed by atoms with Crippen LogP contribution in [0.3, 0.4) is 0 Å². The van der Waals surface area contributed by atoms with Crippen molar-refractivity contribution in [3.05, 3.63) is 47.0 Å². The van der Waals surface area contributed by atoms with Gasteiger partial charge in [0, 0.05) is 45.6 Å². The van der Waals surface area contributed by atoms with Crippen LogP contribution in [-0.2, 0) is 18.5 Å². The molecule has 2 rings (SSSR count). The van der Waals surface area contributed by atoms with Crippen molar-refractivity contribution >= 4 is 39.5 Å². The van der Waals surface area contributed by atoms with Crippen LogP contribution in [0.5, 0.6) is 17.2 Å². The van der Waals surface area contributed by atoms with Crippen LogP contribution < -0.4 is 19.5 Å². The zero-order valence-corrected chi connectivity index (χ0v) is 27.7. The van der Waals surface area contributed by atoms with E-state index in [1.165, 1.54) is 7.11 Å². The van der Waals surface area contributed by atoms with Crippen LogP contribution in [0, 0.1) is 0 Å². The van der Waals surface area contributed by atoms with Crippen LogP contribution in [0.15, 0.2) is 36.4 Å². The molecule has 0 saturated heterocycles. The first-order valence-electron chi connectivity index (χ1n) is 13.7. The number of carboxylic acid groups (broad SMARTS) is 1. The molecule has 2 N–H and O–H groups in total. The van der Waals surface area contributed by atoms with Gasteiger partial charge in [-0.3, -0.25) is 4.79 Å². The Labute approximate surface area is 256 Å². The normalized spacial score (nSPS) is 13.2. The third-order valence-electron chi connectivity index (χ3n) is 6.37. The average molecular weight is 628 g/mol. The molecule has 1 atom stereocenters. The Morgan fingerprint density at radius 1 is 0.952 bits per heavy atom.